The number of piperidine rings is 1. The van der Waals surface area contributed by atoms with Crippen molar-refractivity contribution < 1.29 is 9.53 Å². The van der Waals surface area contributed by atoms with Crippen LogP contribution in [-0.2, 0) is 17.8 Å². The number of nitrogens with one attached hydrogen (secondary N) is 2. The van der Waals surface area contributed by atoms with Crippen LogP contribution in [0.5, 0.6) is 0 Å². The lowest BCUT2D eigenvalue weighted by Crippen LogP contribution is -2.30. The molecule has 2 aromatic heterocycles. The predicted molar refractivity (Wildman–Crippen MR) is 136 cm³/mol. The van der Waals surface area contributed by atoms with Gasteiger partial charge in [0.1, 0.15) is 11.4 Å². The van der Waals surface area contributed by atoms with Crippen molar-refractivity contribution in [1.29, 1.82) is 0 Å². The molecule has 2 N–H and O–H groups in total. The Kier molecular flexibility index (Phi) is 7.36. The second-order valence-corrected chi connectivity index (χ2v) is 10.2. The maximum atomic E-state index is 12.2. The van der Waals surface area contributed by atoms with Crippen LogP contribution < -0.4 is 10.6 Å². The Hall–Kier alpha value is -3.13. The number of anilines is 2. The molecule has 8 nitrogen and oxygen atoms in total. The smallest absolute Gasteiger partial charge is 0.413 e. The van der Waals surface area contributed by atoms with Crippen molar-refractivity contribution in [3.05, 3.63) is 48.4 Å². The van der Waals surface area contributed by atoms with E-state index in [-0.39, 0.29) is 0 Å². The number of fused-ring (bicyclic) bond motifs is 1. The minimum atomic E-state index is -0.563. The first-order chi connectivity index (χ1) is 16.2. The van der Waals surface area contributed by atoms with E-state index in [9.17, 15) is 4.79 Å². The molecule has 182 valence electrons. The molecule has 1 aliphatic rings. The van der Waals surface area contributed by atoms with Crippen LogP contribution in [0.15, 0.2) is 42.9 Å². The molecule has 4 rings (SSSR count). The summed E-state index contributed by atoms with van der Waals surface area (Å²) in [5, 5.41) is 12.6. The van der Waals surface area contributed by atoms with Crippen molar-refractivity contribution in [2.75, 3.05) is 30.8 Å². The molecule has 0 bridgehead atoms. The number of carbonyl (C=O) groups is 1. The monoisotopic (exact) mass is 464 g/mol. The highest BCUT2D eigenvalue weighted by Gasteiger charge is 2.18. The quantitative estimate of drug-likeness (QED) is 0.505. The lowest BCUT2D eigenvalue weighted by molar-refractivity contribution is 0.0635. The minimum Gasteiger partial charge on any atom is -0.444 e. The fourth-order valence-electron chi connectivity index (χ4n) is 4.28. The van der Waals surface area contributed by atoms with Crippen LogP contribution in [0.4, 0.5) is 16.3 Å². The molecular weight excluding hydrogens is 428 g/mol. The summed E-state index contributed by atoms with van der Waals surface area (Å²) < 4.78 is 7.41. The average molecular weight is 465 g/mol. The highest BCUT2D eigenvalue weighted by atomic mass is 16.6. The number of pyridine rings is 1. The number of aryl methyl sites for hydroxylation is 1. The van der Waals surface area contributed by atoms with E-state index >= 15 is 0 Å². The Morgan fingerprint density at radius 2 is 2.00 bits per heavy atom. The van der Waals surface area contributed by atoms with Crippen LogP contribution >= 0.6 is 0 Å². The molecule has 0 saturated carbocycles. The Labute approximate surface area is 201 Å². The summed E-state index contributed by atoms with van der Waals surface area (Å²) in [5.74, 6) is 1.30. The predicted octanol–water partition coefficient (Wildman–Crippen LogP) is 5.12. The molecule has 0 radical (unpaired) electrons. The van der Waals surface area contributed by atoms with Crippen LogP contribution in [0.1, 0.15) is 45.6 Å². The Morgan fingerprint density at radius 3 is 2.76 bits per heavy atom. The molecule has 0 atom stereocenters. The van der Waals surface area contributed by atoms with Crippen LogP contribution in [0.3, 0.4) is 0 Å². The zero-order chi connectivity index (χ0) is 24.1. The number of ether oxygens (including phenoxy) is 1. The third kappa shape index (κ3) is 6.70. The topological polar surface area (TPSA) is 84.3 Å². The lowest BCUT2D eigenvalue weighted by Gasteiger charge is -2.28. The van der Waals surface area contributed by atoms with Gasteiger partial charge in [0.2, 0.25) is 0 Å². The molecule has 0 unspecified atom stereocenters. The summed E-state index contributed by atoms with van der Waals surface area (Å²) in [4.78, 5) is 18.9. The normalized spacial score (nSPS) is 15.4. The highest BCUT2D eigenvalue weighted by molar-refractivity contribution is 5.99. The minimum absolute atomic E-state index is 0.490. The number of hydrogen-bond donors (Lipinski definition) is 2. The number of amides is 1. The van der Waals surface area contributed by atoms with E-state index in [4.69, 9.17) is 4.74 Å². The van der Waals surface area contributed by atoms with Gasteiger partial charge in [-0.3, -0.25) is 10.00 Å². The largest absolute Gasteiger partial charge is 0.444 e. The van der Waals surface area contributed by atoms with Gasteiger partial charge in [-0.25, -0.2) is 9.78 Å². The van der Waals surface area contributed by atoms with Gasteiger partial charge in [-0.15, -0.1) is 0 Å². The summed E-state index contributed by atoms with van der Waals surface area (Å²) in [6.07, 6.45) is 9.03. The summed E-state index contributed by atoms with van der Waals surface area (Å²) in [6.45, 7) is 9.60. The van der Waals surface area contributed by atoms with Crippen molar-refractivity contribution in [2.45, 2.75) is 58.7 Å². The van der Waals surface area contributed by atoms with Crippen molar-refractivity contribution in [2.24, 2.45) is 5.92 Å². The fraction of sp³-hybridized carbons (Fsp3) is 0.500. The lowest BCUT2D eigenvalue weighted by atomic mass is 9.94. The SMILES string of the molecule is CN1CCC(CCn2cc(CNc3ccc4c(NC(=O)OC(C)(C)C)nccc4c3)cn2)CC1. The third-order valence-corrected chi connectivity index (χ3v) is 6.17. The van der Waals surface area contributed by atoms with Crippen molar-refractivity contribution in [3.63, 3.8) is 0 Å². The number of rotatable bonds is 7. The molecular formula is C26H36N6O2. The maximum absolute atomic E-state index is 12.2. The van der Waals surface area contributed by atoms with Gasteiger partial charge in [0.15, 0.2) is 0 Å². The zero-order valence-corrected chi connectivity index (χ0v) is 20.7. The average Bonchev–Trinajstić information content (AvgIpc) is 3.24. The van der Waals surface area contributed by atoms with Crippen LogP contribution in [0.2, 0.25) is 0 Å². The van der Waals surface area contributed by atoms with Gasteiger partial charge in [0.25, 0.3) is 0 Å². The van der Waals surface area contributed by atoms with E-state index in [1.54, 1.807) is 6.20 Å². The number of nitrogens with zero attached hydrogens (tertiary/aromatic N) is 4. The van der Waals surface area contributed by atoms with Gasteiger partial charge in [-0.05, 0) is 95.7 Å². The highest BCUT2D eigenvalue weighted by Crippen LogP contribution is 2.25. The van der Waals surface area contributed by atoms with Gasteiger partial charge < -0.3 is 15.0 Å². The van der Waals surface area contributed by atoms with E-state index in [2.05, 4.69) is 49.6 Å². The first kappa shape index (κ1) is 24.0. The summed E-state index contributed by atoms with van der Waals surface area (Å²) in [6, 6.07) is 7.95. The molecule has 1 fully saturated rings. The van der Waals surface area contributed by atoms with Crippen molar-refractivity contribution in [1.82, 2.24) is 19.7 Å². The number of aromatic nitrogens is 3. The number of carbonyl (C=O) groups excluding carboxylic acids is 1. The van der Waals surface area contributed by atoms with Gasteiger partial charge >= 0.3 is 6.09 Å². The Balaban J connectivity index is 1.32. The standard InChI is InChI=1S/C26H36N6O2/c1-26(2,3)34-25(33)30-24-23-6-5-22(15-21(23)7-11-27-24)28-16-20-17-29-32(18-20)14-10-19-8-12-31(4)13-9-19/h5-7,11,15,17-19,28H,8-10,12-14,16H2,1-4H3,(H,27,30,33). The number of benzene rings is 1. The van der Waals surface area contributed by atoms with Gasteiger partial charge in [-0.2, -0.15) is 5.10 Å². The molecule has 8 heteroatoms. The maximum Gasteiger partial charge on any atom is 0.413 e. The number of hydrogen-bond acceptors (Lipinski definition) is 6. The molecule has 0 spiro atoms. The molecule has 34 heavy (non-hydrogen) atoms. The summed E-state index contributed by atoms with van der Waals surface area (Å²) in [7, 11) is 2.20. The van der Waals surface area contributed by atoms with E-state index in [0.717, 1.165) is 34.5 Å². The molecule has 3 heterocycles. The van der Waals surface area contributed by atoms with Gasteiger partial charge in [-0.1, -0.05) is 0 Å². The molecule has 1 aromatic carbocycles. The van der Waals surface area contributed by atoms with E-state index < -0.39 is 11.7 Å². The molecule has 1 saturated heterocycles. The van der Waals surface area contributed by atoms with Crippen molar-refractivity contribution >= 4 is 28.4 Å². The zero-order valence-electron chi connectivity index (χ0n) is 20.7. The molecule has 1 amide bonds. The van der Waals surface area contributed by atoms with E-state index in [1.165, 1.54) is 32.4 Å². The molecule has 1 aliphatic heterocycles. The van der Waals surface area contributed by atoms with Crippen LogP contribution in [-0.4, -0.2) is 51.5 Å². The summed E-state index contributed by atoms with van der Waals surface area (Å²) >= 11 is 0. The van der Waals surface area contributed by atoms with Gasteiger partial charge in [0, 0.05) is 42.1 Å². The fourth-order valence-corrected chi connectivity index (χ4v) is 4.28. The third-order valence-electron chi connectivity index (χ3n) is 6.17. The van der Waals surface area contributed by atoms with Gasteiger partial charge in [0.05, 0.1) is 6.20 Å². The Bertz CT molecular complexity index is 1110. The van der Waals surface area contributed by atoms with E-state index in [0.29, 0.717) is 12.4 Å². The second-order valence-electron chi connectivity index (χ2n) is 10.2. The first-order valence-electron chi connectivity index (χ1n) is 12.1. The second kappa shape index (κ2) is 10.4. The van der Waals surface area contributed by atoms with Crippen molar-refractivity contribution in [3.8, 4) is 0 Å². The molecule has 3 aromatic rings. The van der Waals surface area contributed by atoms with Crippen LogP contribution in [0, 0.1) is 5.92 Å². The van der Waals surface area contributed by atoms with E-state index in [1.807, 2.05) is 45.2 Å². The van der Waals surface area contributed by atoms with Crippen LogP contribution in [0.25, 0.3) is 10.8 Å². The number of likely N-dealkylation sites (tertiary alicyclic amines) is 1. The molecule has 0 aliphatic carbocycles. The first-order valence-corrected chi connectivity index (χ1v) is 12.1. The Morgan fingerprint density at radius 1 is 1.21 bits per heavy atom. The summed E-state index contributed by atoms with van der Waals surface area (Å²) in [5.41, 5.74) is 1.60.